The Balaban J connectivity index is 1.56. The van der Waals surface area contributed by atoms with E-state index in [1.807, 2.05) is 17.4 Å². The summed E-state index contributed by atoms with van der Waals surface area (Å²) >= 11 is 1.89. The number of furan rings is 1. The van der Waals surface area contributed by atoms with Crippen molar-refractivity contribution in [3.8, 4) is 5.69 Å². The Morgan fingerprint density at radius 2 is 1.24 bits per heavy atom. The average molecular weight is 490 g/mol. The lowest BCUT2D eigenvalue weighted by atomic mass is 10.0. The van der Waals surface area contributed by atoms with E-state index in [0.29, 0.717) is 0 Å². The molecule has 3 heteroatoms. The van der Waals surface area contributed by atoms with Crippen LogP contribution in [0.2, 0.25) is 0 Å². The SMILES string of the molecule is c1ccc2c(c1)cc(-n1c3ccccc3c3c4c(ccc31)oc1ccccc14)c1c3ccccc3sc21. The first kappa shape index (κ1) is 19.6. The number of hydrogen-bond acceptors (Lipinski definition) is 2. The van der Waals surface area contributed by atoms with E-state index in [1.54, 1.807) is 0 Å². The molecule has 0 saturated carbocycles. The van der Waals surface area contributed by atoms with E-state index >= 15 is 0 Å². The molecule has 0 aliphatic carbocycles. The van der Waals surface area contributed by atoms with Crippen molar-refractivity contribution in [1.29, 1.82) is 0 Å². The normalized spacial score (nSPS) is 12.3. The zero-order valence-electron chi connectivity index (χ0n) is 19.7. The van der Waals surface area contributed by atoms with Crippen LogP contribution in [-0.2, 0) is 0 Å². The van der Waals surface area contributed by atoms with Gasteiger partial charge in [-0.25, -0.2) is 0 Å². The third-order valence-corrected chi connectivity index (χ3v) is 8.97. The van der Waals surface area contributed by atoms with Gasteiger partial charge in [0.25, 0.3) is 0 Å². The summed E-state index contributed by atoms with van der Waals surface area (Å²) in [5.74, 6) is 0. The molecule has 37 heavy (non-hydrogen) atoms. The minimum atomic E-state index is 0.929. The van der Waals surface area contributed by atoms with Crippen molar-refractivity contribution >= 4 is 86.0 Å². The van der Waals surface area contributed by atoms with Crippen LogP contribution in [-0.4, -0.2) is 4.57 Å². The van der Waals surface area contributed by atoms with Crippen LogP contribution in [0.1, 0.15) is 0 Å². The molecule has 9 rings (SSSR count). The third kappa shape index (κ3) is 2.49. The van der Waals surface area contributed by atoms with Crippen molar-refractivity contribution in [3.05, 3.63) is 115 Å². The maximum atomic E-state index is 6.29. The molecule has 0 spiro atoms. The summed E-state index contributed by atoms with van der Waals surface area (Å²) in [4.78, 5) is 0. The maximum absolute atomic E-state index is 6.29. The van der Waals surface area contributed by atoms with E-state index in [9.17, 15) is 0 Å². The standard InChI is InChI=1S/C34H19NOS/c1-2-10-21-20(9-1)19-27(32-24-13-5-8-16-30(24)37-34(21)32)35-25-14-6-3-11-22(25)31-26(35)17-18-29-33(31)23-12-4-7-15-28(23)36-29/h1-19H. The molecule has 9 aromatic rings. The van der Waals surface area contributed by atoms with Crippen LogP contribution in [0.4, 0.5) is 0 Å². The number of thiophene rings is 1. The molecule has 0 bridgehead atoms. The van der Waals surface area contributed by atoms with Gasteiger partial charge in [-0.15, -0.1) is 11.3 Å². The summed E-state index contributed by atoms with van der Waals surface area (Å²) in [5, 5.41) is 10.0. The van der Waals surface area contributed by atoms with E-state index in [1.165, 1.54) is 63.8 Å². The lowest BCUT2D eigenvalue weighted by Crippen LogP contribution is -1.95. The van der Waals surface area contributed by atoms with Gasteiger partial charge in [-0.3, -0.25) is 0 Å². The lowest BCUT2D eigenvalue weighted by Gasteiger charge is -2.12. The monoisotopic (exact) mass is 489 g/mol. The van der Waals surface area contributed by atoms with E-state index in [0.717, 1.165) is 16.6 Å². The number of rotatable bonds is 1. The van der Waals surface area contributed by atoms with Crippen molar-refractivity contribution in [3.63, 3.8) is 0 Å². The van der Waals surface area contributed by atoms with Crippen molar-refractivity contribution < 1.29 is 4.42 Å². The molecule has 0 atom stereocenters. The first-order valence-corrected chi connectivity index (χ1v) is 13.4. The van der Waals surface area contributed by atoms with E-state index < -0.39 is 0 Å². The van der Waals surface area contributed by atoms with Gasteiger partial charge in [-0.2, -0.15) is 0 Å². The number of para-hydroxylation sites is 2. The van der Waals surface area contributed by atoms with Gasteiger partial charge in [0, 0.05) is 41.7 Å². The second-order valence-electron chi connectivity index (χ2n) is 9.70. The molecular weight excluding hydrogens is 470 g/mol. The van der Waals surface area contributed by atoms with Gasteiger partial charge < -0.3 is 8.98 Å². The smallest absolute Gasteiger partial charge is 0.136 e. The summed E-state index contributed by atoms with van der Waals surface area (Å²) < 4.78 is 11.4. The van der Waals surface area contributed by atoms with Crippen LogP contribution in [0.25, 0.3) is 80.4 Å². The van der Waals surface area contributed by atoms with Crippen LogP contribution in [0.3, 0.4) is 0 Å². The Bertz CT molecular complexity index is 2370. The van der Waals surface area contributed by atoms with Crippen molar-refractivity contribution in [2.24, 2.45) is 0 Å². The minimum Gasteiger partial charge on any atom is -0.456 e. The molecule has 0 amide bonds. The average Bonchev–Trinajstić information content (AvgIpc) is 3.62. The van der Waals surface area contributed by atoms with E-state index in [4.69, 9.17) is 4.42 Å². The predicted octanol–water partition coefficient (Wildman–Crippen LogP) is 10.2. The number of aromatic nitrogens is 1. The van der Waals surface area contributed by atoms with Gasteiger partial charge in [0.2, 0.25) is 0 Å². The molecular formula is C34H19NOS. The molecule has 172 valence electrons. The van der Waals surface area contributed by atoms with Crippen LogP contribution in [0.15, 0.2) is 120 Å². The Hall–Kier alpha value is -4.60. The van der Waals surface area contributed by atoms with Gasteiger partial charge in [0.05, 0.1) is 16.7 Å². The molecule has 0 saturated heterocycles. The van der Waals surface area contributed by atoms with Gasteiger partial charge in [0.15, 0.2) is 0 Å². The fraction of sp³-hybridized carbons (Fsp3) is 0. The molecule has 0 unspecified atom stereocenters. The first-order valence-electron chi connectivity index (χ1n) is 12.5. The molecule has 0 N–H and O–H groups in total. The van der Waals surface area contributed by atoms with Crippen LogP contribution in [0, 0.1) is 0 Å². The Morgan fingerprint density at radius 1 is 0.514 bits per heavy atom. The second-order valence-corrected chi connectivity index (χ2v) is 10.8. The lowest BCUT2D eigenvalue weighted by molar-refractivity contribution is 0.669. The van der Waals surface area contributed by atoms with Gasteiger partial charge >= 0.3 is 0 Å². The van der Waals surface area contributed by atoms with Gasteiger partial charge in [-0.05, 0) is 47.2 Å². The van der Waals surface area contributed by atoms with E-state index in [2.05, 4.69) is 114 Å². The third-order valence-electron chi connectivity index (χ3n) is 7.77. The molecule has 3 aromatic heterocycles. The number of nitrogens with zero attached hydrogens (tertiary/aromatic N) is 1. The highest BCUT2D eigenvalue weighted by molar-refractivity contribution is 7.26. The number of benzene rings is 6. The Labute approximate surface area is 215 Å². The fourth-order valence-corrected chi connectivity index (χ4v) is 7.51. The molecule has 0 fully saturated rings. The second kappa shape index (κ2) is 7.00. The van der Waals surface area contributed by atoms with Crippen molar-refractivity contribution in [1.82, 2.24) is 4.57 Å². The first-order chi connectivity index (χ1) is 18.4. The zero-order valence-corrected chi connectivity index (χ0v) is 20.5. The zero-order chi connectivity index (χ0) is 24.1. The highest BCUT2D eigenvalue weighted by Gasteiger charge is 2.21. The summed E-state index contributed by atoms with van der Waals surface area (Å²) in [6.07, 6.45) is 0. The van der Waals surface area contributed by atoms with Gasteiger partial charge in [-0.1, -0.05) is 78.9 Å². The van der Waals surface area contributed by atoms with Crippen LogP contribution < -0.4 is 0 Å². The fourth-order valence-electron chi connectivity index (χ4n) is 6.25. The van der Waals surface area contributed by atoms with Crippen molar-refractivity contribution in [2.75, 3.05) is 0 Å². The van der Waals surface area contributed by atoms with Gasteiger partial charge in [0.1, 0.15) is 11.2 Å². The molecule has 0 aliphatic heterocycles. The number of hydrogen-bond donors (Lipinski definition) is 0. The number of fused-ring (bicyclic) bond motifs is 12. The molecule has 2 nitrogen and oxygen atoms in total. The Kier molecular flexibility index (Phi) is 3.70. The summed E-state index contributed by atoms with van der Waals surface area (Å²) in [6.45, 7) is 0. The largest absolute Gasteiger partial charge is 0.456 e. The minimum absolute atomic E-state index is 0.929. The quantitative estimate of drug-likeness (QED) is 0.224. The molecule has 0 radical (unpaired) electrons. The Morgan fingerprint density at radius 3 is 2.16 bits per heavy atom. The summed E-state index contributed by atoms with van der Waals surface area (Å²) in [7, 11) is 0. The maximum Gasteiger partial charge on any atom is 0.136 e. The predicted molar refractivity (Wildman–Crippen MR) is 158 cm³/mol. The highest BCUT2D eigenvalue weighted by atomic mass is 32.1. The summed E-state index contributed by atoms with van der Waals surface area (Å²) in [6, 6.07) is 41.5. The molecule has 0 aliphatic rings. The van der Waals surface area contributed by atoms with E-state index in [-0.39, 0.29) is 0 Å². The summed E-state index contributed by atoms with van der Waals surface area (Å²) in [5.41, 5.74) is 5.50. The van der Waals surface area contributed by atoms with Crippen molar-refractivity contribution in [2.45, 2.75) is 0 Å². The van der Waals surface area contributed by atoms with Crippen LogP contribution in [0.5, 0.6) is 0 Å². The highest BCUT2D eigenvalue weighted by Crippen LogP contribution is 2.46. The topological polar surface area (TPSA) is 18.1 Å². The molecule has 3 heterocycles. The molecule has 6 aromatic carbocycles. The van der Waals surface area contributed by atoms with Crippen LogP contribution >= 0.6 is 11.3 Å².